The second-order valence-electron chi connectivity index (χ2n) is 13.2. The SMILES string of the molecule is COC(=O)[C@H]1[C@@H]2OC(C)(C)O[C@@H]2[C@@H](O[Si](c2ccccc2)(c2ccccc2)C(C)(C)C)C(=O)[C@@H]1c1cc(OC)c2c(c1)OCO2. The number of hydrogen-bond acceptors (Lipinski definition) is 9. The molecule has 0 bridgehead atoms. The molecule has 1 saturated heterocycles. The number of carbonyl (C=O) groups excluding carboxylic acids is 2. The fraction of sp³-hybridized carbons (Fsp3) is 0.429. The van der Waals surface area contributed by atoms with Gasteiger partial charge >= 0.3 is 5.97 Å². The monoisotopic (exact) mass is 632 g/mol. The number of Topliss-reactive ketones (excluding diaryl/α,β-unsaturated/α-hetero) is 1. The van der Waals surface area contributed by atoms with Gasteiger partial charge in [0.2, 0.25) is 12.5 Å². The minimum Gasteiger partial charge on any atom is -0.493 e. The fourth-order valence-corrected chi connectivity index (χ4v) is 11.8. The van der Waals surface area contributed by atoms with E-state index in [9.17, 15) is 4.79 Å². The first-order valence-corrected chi connectivity index (χ1v) is 17.1. The summed E-state index contributed by atoms with van der Waals surface area (Å²) in [4.78, 5) is 28.7. The van der Waals surface area contributed by atoms with Crippen molar-refractivity contribution in [3.63, 3.8) is 0 Å². The minimum atomic E-state index is -3.25. The molecule has 2 fully saturated rings. The zero-order valence-corrected chi connectivity index (χ0v) is 27.7. The van der Waals surface area contributed by atoms with E-state index in [4.69, 9.17) is 32.8 Å². The van der Waals surface area contributed by atoms with E-state index in [1.165, 1.54) is 14.2 Å². The highest BCUT2D eigenvalue weighted by molar-refractivity contribution is 6.99. The lowest BCUT2D eigenvalue weighted by Gasteiger charge is -2.48. The van der Waals surface area contributed by atoms with Crippen LogP contribution in [0.25, 0.3) is 0 Å². The van der Waals surface area contributed by atoms with Crippen molar-refractivity contribution >= 4 is 30.4 Å². The standard InChI is InChI=1S/C35H40O9Si/c1-34(2,3)45(22-14-10-8-11-15-22,23-16-12-9-13-17-23)44-31-28(36)26(21-18-24(38-6)29-25(19-21)40-20-41-29)27(33(37)39-7)30-32(31)43-35(4,5)42-30/h8-19,26-27,30-32H,20H2,1-7H3/t26-,27-,30+,31+,32+/m1/s1. The maximum Gasteiger partial charge on any atom is 0.312 e. The third-order valence-electron chi connectivity index (χ3n) is 9.00. The molecule has 6 rings (SSSR count). The van der Waals surface area contributed by atoms with Crippen LogP contribution in [-0.4, -0.2) is 65.2 Å². The molecule has 0 unspecified atom stereocenters. The Labute approximate surface area is 264 Å². The quantitative estimate of drug-likeness (QED) is 0.278. The number of carbonyl (C=O) groups is 2. The first kappa shape index (κ1) is 31.3. The van der Waals surface area contributed by atoms with Crippen LogP contribution in [0.5, 0.6) is 17.2 Å². The molecule has 10 heteroatoms. The zero-order valence-electron chi connectivity index (χ0n) is 26.7. The number of hydrogen-bond donors (Lipinski definition) is 0. The molecule has 3 aromatic carbocycles. The van der Waals surface area contributed by atoms with Gasteiger partial charge in [-0.25, -0.2) is 0 Å². The molecule has 0 amide bonds. The first-order chi connectivity index (χ1) is 21.4. The fourth-order valence-electron chi connectivity index (χ4n) is 7.15. The van der Waals surface area contributed by atoms with Crippen molar-refractivity contribution in [1.82, 2.24) is 0 Å². The normalized spacial score (nSPS) is 25.5. The lowest BCUT2D eigenvalue weighted by Crippen LogP contribution is -2.71. The van der Waals surface area contributed by atoms with E-state index in [0.29, 0.717) is 22.8 Å². The largest absolute Gasteiger partial charge is 0.493 e. The molecule has 0 spiro atoms. The molecular formula is C35H40O9Si. The summed E-state index contributed by atoms with van der Waals surface area (Å²) in [6.07, 6.45) is -2.79. The topological polar surface area (TPSA) is 98.8 Å². The molecule has 0 radical (unpaired) electrons. The van der Waals surface area contributed by atoms with Crippen LogP contribution in [0.15, 0.2) is 72.8 Å². The van der Waals surface area contributed by atoms with Crippen LogP contribution in [0.2, 0.25) is 5.04 Å². The highest BCUT2D eigenvalue weighted by atomic mass is 28.4. The van der Waals surface area contributed by atoms with Crippen molar-refractivity contribution in [1.29, 1.82) is 0 Å². The average Bonchev–Trinajstić information content (AvgIpc) is 3.63. The summed E-state index contributed by atoms with van der Waals surface area (Å²) in [5.41, 5.74) is 0.513. The Kier molecular flexibility index (Phi) is 8.05. The Hall–Kier alpha value is -3.70. The predicted molar refractivity (Wildman–Crippen MR) is 169 cm³/mol. The Morgan fingerprint density at radius 3 is 2.04 bits per heavy atom. The summed E-state index contributed by atoms with van der Waals surface area (Å²) in [5.74, 6) is -2.73. The highest BCUT2D eigenvalue weighted by Gasteiger charge is 2.64. The predicted octanol–water partition coefficient (Wildman–Crippen LogP) is 4.34. The molecule has 45 heavy (non-hydrogen) atoms. The Morgan fingerprint density at radius 2 is 1.49 bits per heavy atom. The van der Waals surface area contributed by atoms with Gasteiger partial charge in [0, 0.05) is 0 Å². The summed E-state index contributed by atoms with van der Waals surface area (Å²) >= 11 is 0. The lowest BCUT2D eigenvalue weighted by molar-refractivity contribution is -0.164. The molecule has 3 aliphatic rings. The van der Waals surface area contributed by atoms with Crippen LogP contribution < -0.4 is 24.6 Å². The molecule has 1 saturated carbocycles. The Bertz CT molecular complexity index is 1530. The van der Waals surface area contributed by atoms with E-state index in [-0.39, 0.29) is 12.6 Å². The van der Waals surface area contributed by atoms with Crippen molar-refractivity contribution in [3.05, 3.63) is 78.4 Å². The molecule has 5 atom stereocenters. The van der Waals surface area contributed by atoms with Gasteiger partial charge in [-0.1, -0.05) is 81.4 Å². The van der Waals surface area contributed by atoms with E-state index in [1.807, 2.05) is 36.4 Å². The second-order valence-corrected chi connectivity index (χ2v) is 17.4. The Balaban J connectivity index is 1.56. The highest BCUT2D eigenvalue weighted by Crippen LogP contribution is 2.51. The number of rotatable bonds is 7. The molecule has 0 aromatic heterocycles. The van der Waals surface area contributed by atoms with Gasteiger partial charge in [-0.05, 0) is 47.0 Å². The third-order valence-corrected chi connectivity index (χ3v) is 14.0. The maximum absolute atomic E-state index is 15.1. The van der Waals surface area contributed by atoms with Gasteiger partial charge in [0.05, 0.1) is 26.1 Å². The first-order valence-electron chi connectivity index (χ1n) is 15.2. The number of fused-ring (bicyclic) bond motifs is 2. The minimum absolute atomic E-state index is 0.0175. The number of ketones is 1. The van der Waals surface area contributed by atoms with E-state index in [2.05, 4.69) is 45.0 Å². The second kappa shape index (κ2) is 11.6. The summed E-state index contributed by atoms with van der Waals surface area (Å²) in [7, 11) is -0.422. The molecule has 0 N–H and O–H groups in total. The van der Waals surface area contributed by atoms with Crippen LogP contribution in [-0.2, 0) is 28.2 Å². The summed E-state index contributed by atoms with van der Waals surface area (Å²) in [6.45, 7) is 10.0. The van der Waals surface area contributed by atoms with Crippen molar-refractivity contribution < 1.29 is 42.4 Å². The van der Waals surface area contributed by atoms with Crippen LogP contribution in [0, 0.1) is 5.92 Å². The summed E-state index contributed by atoms with van der Waals surface area (Å²) in [6, 6.07) is 23.6. The number of esters is 1. The number of ether oxygens (including phenoxy) is 6. The summed E-state index contributed by atoms with van der Waals surface area (Å²) in [5, 5.41) is 1.61. The van der Waals surface area contributed by atoms with Gasteiger partial charge in [-0.3, -0.25) is 9.59 Å². The Morgan fingerprint density at radius 1 is 0.889 bits per heavy atom. The van der Waals surface area contributed by atoms with Gasteiger partial charge in [-0.2, -0.15) is 0 Å². The van der Waals surface area contributed by atoms with E-state index in [1.54, 1.807) is 26.0 Å². The lowest BCUT2D eigenvalue weighted by atomic mass is 9.70. The van der Waals surface area contributed by atoms with Crippen molar-refractivity contribution in [2.75, 3.05) is 21.0 Å². The van der Waals surface area contributed by atoms with Crippen molar-refractivity contribution in [2.24, 2.45) is 5.92 Å². The van der Waals surface area contributed by atoms with Crippen molar-refractivity contribution in [3.8, 4) is 17.2 Å². The molecular weight excluding hydrogens is 592 g/mol. The summed E-state index contributed by atoms with van der Waals surface area (Å²) < 4.78 is 42.6. The van der Waals surface area contributed by atoms with Gasteiger partial charge in [0.1, 0.15) is 18.3 Å². The van der Waals surface area contributed by atoms with Crippen LogP contribution >= 0.6 is 0 Å². The zero-order chi connectivity index (χ0) is 32.1. The number of methoxy groups -OCH3 is 2. The number of benzene rings is 3. The smallest absolute Gasteiger partial charge is 0.312 e. The molecule has 238 valence electrons. The van der Waals surface area contributed by atoms with Gasteiger partial charge in [0.25, 0.3) is 8.32 Å². The van der Waals surface area contributed by atoms with Crippen LogP contribution in [0.3, 0.4) is 0 Å². The van der Waals surface area contributed by atoms with E-state index >= 15 is 4.79 Å². The van der Waals surface area contributed by atoms with E-state index < -0.39 is 55.3 Å². The maximum atomic E-state index is 15.1. The van der Waals surface area contributed by atoms with E-state index in [0.717, 1.165) is 10.4 Å². The molecule has 3 aromatic rings. The average molecular weight is 633 g/mol. The molecule has 9 nitrogen and oxygen atoms in total. The molecule has 2 aliphatic heterocycles. The van der Waals surface area contributed by atoms with Gasteiger partial charge in [-0.15, -0.1) is 0 Å². The van der Waals surface area contributed by atoms with Gasteiger partial charge in [0.15, 0.2) is 23.1 Å². The molecule has 2 heterocycles. The molecule has 1 aliphatic carbocycles. The van der Waals surface area contributed by atoms with Crippen molar-refractivity contribution in [2.45, 2.75) is 69.7 Å². The third kappa shape index (κ3) is 5.23. The van der Waals surface area contributed by atoms with Crippen LogP contribution in [0.1, 0.15) is 46.1 Å². The van der Waals surface area contributed by atoms with Gasteiger partial charge < -0.3 is 32.8 Å². The van der Waals surface area contributed by atoms with Crippen LogP contribution in [0.4, 0.5) is 0 Å².